The van der Waals surface area contributed by atoms with Crippen molar-refractivity contribution >= 4 is 10.0 Å². The first-order valence-corrected chi connectivity index (χ1v) is 6.34. The lowest BCUT2D eigenvalue weighted by atomic mass is 9.97. The van der Waals surface area contributed by atoms with Gasteiger partial charge in [-0.25, -0.2) is 12.7 Å². The summed E-state index contributed by atoms with van der Waals surface area (Å²) in [6.07, 6.45) is 4.59. The van der Waals surface area contributed by atoms with Gasteiger partial charge in [0.05, 0.1) is 6.26 Å². The van der Waals surface area contributed by atoms with E-state index in [9.17, 15) is 8.42 Å². The van der Waals surface area contributed by atoms with Gasteiger partial charge in [0.25, 0.3) is 0 Å². The Hall–Kier alpha value is -0.0900. The van der Waals surface area contributed by atoms with Crippen LogP contribution in [0, 0.1) is 5.92 Å². The van der Waals surface area contributed by atoms with Crippen LogP contribution in [0.2, 0.25) is 0 Å². The van der Waals surface area contributed by atoms with Crippen molar-refractivity contribution < 1.29 is 8.42 Å². The van der Waals surface area contributed by atoms with Crippen molar-refractivity contribution in [1.82, 2.24) is 4.31 Å². The first-order chi connectivity index (χ1) is 5.54. The van der Waals surface area contributed by atoms with Crippen molar-refractivity contribution in [3.05, 3.63) is 0 Å². The van der Waals surface area contributed by atoms with E-state index >= 15 is 0 Å². The Morgan fingerprint density at radius 3 is 2.67 bits per heavy atom. The lowest BCUT2D eigenvalue weighted by Gasteiger charge is -2.30. The highest BCUT2D eigenvalue weighted by atomic mass is 32.2. The summed E-state index contributed by atoms with van der Waals surface area (Å²) < 4.78 is 23.9. The Balaban J connectivity index is 2.58. The summed E-state index contributed by atoms with van der Waals surface area (Å²) in [5, 5.41) is 0. The minimum atomic E-state index is -2.94. The maximum absolute atomic E-state index is 11.2. The minimum Gasteiger partial charge on any atom is -0.213 e. The SMILES string of the molecule is CCC1CCCN(S(C)(=O)=O)C1. The van der Waals surface area contributed by atoms with Gasteiger partial charge < -0.3 is 0 Å². The van der Waals surface area contributed by atoms with Crippen molar-refractivity contribution in [2.75, 3.05) is 19.3 Å². The van der Waals surface area contributed by atoms with Crippen LogP contribution in [0.4, 0.5) is 0 Å². The van der Waals surface area contributed by atoms with E-state index in [1.54, 1.807) is 4.31 Å². The quantitative estimate of drug-likeness (QED) is 0.654. The Morgan fingerprint density at radius 2 is 2.17 bits per heavy atom. The molecule has 0 aromatic rings. The molecule has 1 aliphatic heterocycles. The Morgan fingerprint density at radius 1 is 1.50 bits per heavy atom. The maximum Gasteiger partial charge on any atom is 0.211 e. The van der Waals surface area contributed by atoms with Gasteiger partial charge in [-0.3, -0.25) is 0 Å². The molecular weight excluding hydrogens is 174 g/mol. The van der Waals surface area contributed by atoms with Crippen LogP contribution in [0.1, 0.15) is 26.2 Å². The largest absolute Gasteiger partial charge is 0.213 e. The van der Waals surface area contributed by atoms with Gasteiger partial charge in [-0.05, 0) is 18.8 Å². The third kappa shape index (κ3) is 2.45. The third-order valence-electron chi connectivity index (χ3n) is 2.53. The minimum absolute atomic E-state index is 0.577. The van der Waals surface area contributed by atoms with E-state index in [-0.39, 0.29) is 0 Å². The molecule has 1 fully saturated rings. The van der Waals surface area contributed by atoms with Crippen LogP contribution in [0.3, 0.4) is 0 Å². The molecule has 0 N–H and O–H groups in total. The average Bonchev–Trinajstić information content (AvgIpc) is 2.03. The molecule has 0 saturated carbocycles. The standard InChI is InChI=1S/C8H17NO2S/c1-3-8-5-4-6-9(7-8)12(2,10)11/h8H,3-7H2,1-2H3. The van der Waals surface area contributed by atoms with E-state index in [0.29, 0.717) is 5.92 Å². The second kappa shape index (κ2) is 3.75. The third-order valence-corrected chi connectivity index (χ3v) is 3.80. The fraction of sp³-hybridized carbons (Fsp3) is 1.00. The molecule has 1 atom stereocenters. The highest BCUT2D eigenvalue weighted by molar-refractivity contribution is 7.88. The fourth-order valence-corrected chi connectivity index (χ4v) is 2.60. The monoisotopic (exact) mass is 191 g/mol. The fourth-order valence-electron chi connectivity index (χ4n) is 1.66. The van der Waals surface area contributed by atoms with Crippen LogP contribution in [0.25, 0.3) is 0 Å². The number of hydrogen-bond acceptors (Lipinski definition) is 2. The van der Waals surface area contributed by atoms with Gasteiger partial charge in [-0.15, -0.1) is 0 Å². The first kappa shape index (κ1) is 9.99. The summed E-state index contributed by atoms with van der Waals surface area (Å²) in [4.78, 5) is 0. The molecule has 0 aromatic heterocycles. The molecule has 0 aromatic carbocycles. The molecule has 0 amide bonds. The highest BCUT2D eigenvalue weighted by Crippen LogP contribution is 2.20. The van der Waals surface area contributed by atoms with Gasteiger partial charge in [0.1, 0.15) is 0 Å². The zero-order valence-electron chi connectivity index (χ0n) is 7.78. The van der Waals surface area contributed by atoms with Crippen LogP contribution < -0.4 is 0 Å². The zero-order valence-corrected chi connectivity index (χ0v) is 8.60. The summed E-state index contributed by atoms with van der Waals surface area (Å²) >= 11 is 0. The molecular formula is C8H17NO2S. The molecule has 1 saturated heterocycles. The maximum atomic E-state index is 11.2. The molecule has 4 heteroatoms. The summed E-state index contributed by atoms with van der Waals surface area (Å²) in [5.41, 5.74) is 0. The average molecular weight is 191 g/mol. The van der Waals surface area contributed by atoms with Crippen LogP contribution in [-0.4, -0.2) is 32.1 Å². The van der Waals surface area contributed by atoms with Crippen LogP contribution in [0.5, 0.6) is 0 Å². The molecule has 0 spiro atoms. The lowest BCUT2D eigenvalue weighted by Crippen LogP contribution is -2.38. The van der Waals surface area contributed by atoms with Gasteiger partial charge in [0.15, 0.2) is 0 Å². The number of rotatable bonds is 2. The highest BCUT2D eigenvalue weighted by Gasteiger charge is 2.24. The van der Waals surface area contributed by atoms with E-state index in [1.165, 1.54) is 12.7 Å². The molecule has 1 rings (SSSR count). The molecule has 72 valence electrons. The second-order valence-corrected chi connectivity index (χ2v) is 5.52. The van der Waals surface area contributed by atoms with Crippen molar-refractivity contribution in [1.29, 1.82) is 0 Å². The molecule has 1 unspecified atom stereocenters. The van der Waals surface area contributed by atoms with Crippen molar-refractivity contribution in [2.45, 2.75) is 26.2 Å². The number of piperidine rings is 1. The number of nitrogens with zero attached hydrogens (tertiary/aromatic N) is 1. The normalized spacial score (nSPS) is 27.3. The van der Waals surface area contributed by atoms with Crippen LogP contribution in [0.15, 0.2) is 0 Å². The van der Waals surface area contributed by atoms with E-state index in [2.05, 4.69) is 6.92 Å². The number of sulfonamides is 1. The predicted octanol–water partition coefficient (Wildman–Crippen LogP) is 1.07. The van der Waals surface area contributed by atoms with E-state index in [4.69, 9.17) is 0 Å². The lowest BCUT2D eigenvalue weighted by molar-refractivity contribution is 0.263. The van der Waals surface area contributed by atoms with E-state index in [1.807, 2.05) is 0 Å². The molecule has 12 heavy (non-hydrogen) atoms. The Kier molecular flexibility index (Phi) is 3.12. The van der Waals surface area contributed by atoms with Crippen LogP contribution in [-0.2, 0) is 10.0 Å². The van der Waals surface area contributed by atoms with Gasteiger partial charge in [0, 0.05) is 13.1 Å². The van der Waals surface area contributed by atoms with Crippen LogP contribution >= 0.6 is 0 Å². The van der Waals surface area contributed by atoms with Gasteiger partial charge in [-0.1, -0.05) is 13.3 Å². The smallest absolute Gasteiger partial charge is 0.211 e. The summed E-state index contributed by atoms with van der Waals surface area (Å²) in [7, 11) is -2.94. The first-order valence-electron chi connectivity index (χ1n) is 4.49. The summed E-state index contributed by atoms with van der Waals surface area (Å²) in [6.45, 7) is 3.57. The van der Waals surface area contributed by atoms with Crippen molar-refractivity contribution in [3.8, 4) is 0 Å². The number of hydrogen-bond donors (Lipinski definition) is 0. The molecule has 1 heterocycles. The van der Waals surface area contributed by atoms with Crippen molar-refractivity contribution in [2.24, 2.45) is 5.92 Å². The summed E-state index contributed by atoms with van der Waals surface area (Å²) in [6, 6.07) is 0. The molecule has 0 radical (unpaired) electrons. The van der Waals surface area contributed by atoms with E-state index in [0.717, 1.165) is 25.9 Å². The van der Waals surface area contributed by atoms with Crippen molar-refractivity contribution in [3.63, 3.8) is 0 Å². The topological polar surface area (TPSA) is 37.4 Å². The zero-order chi connectivity index (χ0) is 9.19. The molecule has 0 bridgehead atoms. The second-order valence-electron chi connectivity index (χ2n) is 3.54. The Labute approximate surface area is 74.8 Å². The van der Waals surface area contributed by atoms with Gasteiger partial charge >= 0.3 is 0 Å². The van der Waals surface area contributed by atoms with Gasteiger partial charge in [-0.2, -0.15) is 0 Å². The Bertz CT molecular complexity index is 235. The molecule has 0 aliphatic carbocycles. The summed E-state index contributed by atoms with van der Waals surface area (Å²) in [5.74, 6) is 0.577. The predicted molar refractivity (Wildman–Crippen MR) is 49.4 cm³/mol. The molecule has 1 aliphatic rings. The molecule has 3 nitrogen and oxygen atoms in total. The van der Waals surface area contributed by atoms with Gasteiger partial charge in [0.2, 0.25) is 10.0 Å². The van der Waals surface area contributed by atoms with E-state index < -0.39 is 10.0 Å².